The molecule has 2 amide bonds. The summed E-state index contributed by atoms with van der Waals surface area (Å²) in [7, 11) is 0. The topological polar surface area (TPSA) is 35.6 Å². The maximum atomic E-state index is 12.5. The molecule has 1 aliphatic heterocycles. The van der Waals surface area contributed by atoms with Gasteiger partial charge in [-0.1, -0.05) is 55.8 Å². The van der Waals surface area contributed by atoms with Gasteiger partial charge < -0.3 is 10.2 Å². The SMILES string of the molecule is Cc1ccc(CN2CCN(C(=O)Nc3ccc(C(C)C)cc3)CC2)cc1. The van der Waals surface area contributed by atoms with Crippen LogP contribution in [-0.2, 0) is 6.54 Å². The number of benzene rings is 2. The third kappa shape index (κ3) is 4.85. The lowest BCUT2D eigenvalue weighted by molar-refractivity contribution is 0.143. The Morgan fingerprint density at radius 2 is 1.58 bits per heavy atom. The molecule has 26 heavy (non-hydrogen) atoms. The molecule has 3 rings (SSSR count). The van der Waals surface area contributed by atoms with Crippen LogP contribution < -0.4 is 5.32 Å². The molecule has 1 N–H and O–H groups in total. The molecule has 0 atom stereocenters. The number of amides is 2. The molecule has 0 unspecified atom stereocenters. The first-order valence-electron chi connectivity index (χ1n) is 9.45. The summed E-state index contributed by atoms with van der Waals surface area (Å²) in [6, 6.07) is 16.8. The van der Waals surface area contributed by atoms with Crippen molar-refractivity contribution in [2.75, 3.05) is 31.5 Å². The molecule has 0 aromatic heterocycles. The third-order valence-corrected chi connectivity index (χ3v) is 5.01. The van der Waals surface area contributed by atoms with Crippen LogP contribution in [0.15, 0.2) is 48.5 Å². The van der Waals surface area contributed by atoms with Gasteiger partial charge in [-0.15, -0.1) is 0 Å². The van der Waals surface area contributed by atoms with E-state index < -0.39 is 0 Å². The van der Waals surface area contributed by atoms with Gasteiger partial charge in [0.05, 0.1) is 0 Å². The van der Waals surface area contributed by atoms with Gasteiger partial charge in [-0.05, 0) is 36.1 Å². The normalized spacial score (nSPS) is 15.3. The molecule has 0 radical (unpaired) electrons. The number of aryl methyl sites for hydroxylation is 1. The van der Waals surface area contributed by atoms with E-state index in [1.165, 1.54) is 16.7 Å². The number of carbonyl (C=O) groups excluding carboxylic acids is 1. The molecule has 1 fully saturated rings. The highest BCUT2D eigenvalue weighted by molar-refractivity contribution is 5.89. The Labute approximate surface area is 156 Å². The van der Waals surface area contributed by atoms with Crippen LogP contribution >= 0.6 is 0 Å². The van der Waals surface area contributed by atoms with E-state index in [4.69, 9.17) is 0 Å². The third-order valence-electron chi connectivity index (χ3n) is 5.01. The summed E-state index contributed by atoms with van der Waals surface area (Å²) in [5.41, 5.74) is 4.77. The van der Waals surface area contributed by atoms with Crippen LogP contribution in [0, 0.1) is 6.92 Å². The summed E-state index contributed by atoms with van der Waals surface area (Å²) in [5.74, 6) is 0.501. The Morgan fingerprint density at radius 1 is 0.962 bits per heavy atom. The number of anilines is 1. The van der Waals surface area contributed by atoms with E-state index in [0.717, 1.165) is 38.4 Å². The summed E-state index contributed by atoms with van der Waals surface area (Å²) in [6.07, 6.45) is 0. The van der Waals surface area contributed by atoms with Crippen molar-refractivity contribution < 1.29 is 4.79 Å². The summed E-state index contributed by atoms with van der Waals surface area (Å²) in [6.45, 7) is 10.8. The molecule has 1 heterocycles. The molecule has 4 nitrogen and oxygen atoms in total. The fraction of sp³-hybridized carbons (Fsp3) is 0.409. The van der Waals surface area contributed by atoms with Crippen LogP contribution in [0.2, 0.25) is 0 Å². The Bertz CT molecular complexity index is 714. The molecule has 0 spiro atoms. The van der Waals surface area contributed by atoms with Crippen molar-refractivity contribution in [2.24, 2.45) is 0 Å². The Kier molecular flexibility index (Phi) is 5.94. The zero-order chi connectivity index (χ0) is 18.5. The minimum atomic E-state index is -0.00252. The van der Waals surface area contributed by atoms with Gasteiger partial charge in [0.15, 0.2) is 0 Å². The molecule has 1 saturated heterocycles. The smallest absolute Gasteiger partial charge is 0.321 e. The highest BCUT2D eigenvalue weighted by Crippen LogP contribution is 2.18. The molecule has 138 valence electrons. The lowest BCUT2D eigenvalue weighted by atomic mass is 10.0. The fourth-order valence-corrected chi connectivity index (χ4v) is 3.21. The van der Waals surface area contributed by atoms with Gasteiger partial charge in [-0.2, -0.15) is 0 Å². The van der Waals surface area contributed by atoms with Gasteiger partial charge in [-0.3, -0.25) is 4.90 Å². The fourth-order valence-electron chi connectivity index (χ4n) is 3.21. The van der Waals surface area contributed by atoms with E-state index in [2.05, 4.69) is 67.4 Å². The molecule has 0 aliphatic carbocycles. The van der Waals surface area contributed by atoms with Crippen molar-refractivity contribution >= 4 is 11.7 Å². The number of piperazine rings is 1. The second-order valence-electron chi connectivity index (χ2n) is 7.46. The van der Waals surface area contributed by atoms with Crippen LogP contribution in [0.5, 0.6) is 0 Å². The summed E-state index contributed by atoms with van der Waals surface area (Å²) >= 11 is 0. The maximum absolute atomic E-state index is 12.5. The summed E-state index contributed by atoms with van der Waals surface area (Å²) in [4.78, 5) is 16.8. The van der Waals surface area contributed by atoms with E-state index in [1.54, 1.807) is 0 Å². The predicted molar refractivity (Wildman–Crippen MR) is 108 cm³/mol. The average molecular weight is 351 g/mol. The Balaban J connectivity index is 1.47. The molecule has 0 saturated carbocycles. The van der Waals surface area contributed by atoms with Crippen LogP contribution in [-0.4, -0.2) is 42.0 Å². The lowest BCUT2D eigenvalue weighted by Crippen LogP contribution is -2.49. The van der Waals surface area contributed by atoms with Crippen molar-refractivity contribution in [3.05, 3.63) is 65.2 Å². The minimum absolute atomic E-state index is 0.00252. The minimum Gasteiger partial charge on any atom is -0.322 e. The zero-order valence-electron chi connectivity index (χ0n) is 16.0. The van der Waals surface area contributed by atoms with E-state index in [-0.39, 0.29) is 6.03 Å². The summed E-state index contributed by atoms with van der Waals surface area (Å²) < 4.78 is 0. The highest BCUT2D eigenvalue weighted by atomic mass is 16.2. The van der Waals surface area contributed by atoms with Crippen molar-refractivity contribution in [1.82, 2.24) is 9.80 Å². The van der Waals surface area contributed by atoms with Crippen LogP contribution in [0.3, 0.4) is 0 Å². The first-order valence-corrected chi connectivity index (χ1v) is 9.45. The number of hydrogen-bond acceptors (Lipinski definition) is 2. The second-order valence-corrected chi connectivity index (χ2v) is 7.46. The predicted octanol–water partition coefficient (Wildman–Crippen LogP) is 4.47. The molecular formula is C22H29N3O. The van der Waals surface area contributed by atoms with Crippen LogP contribution in [0.1, 0.15) is 36.5 Å². The number of nitrogens with one attached hydrogen (secondary N) is 1. The maximum Gasteiger partial charge on any atom is 0.321 e. The first kappa shape index (κ1) is 18.5. The molecule has 4 heteroatoms. The van der Waals surface area contributed by atoms with Crippen LogP contribution in [0.4, 0.5) is 10.5 Å². The van der Waals surface area contributed by atoms with Crippen molar-refractivity contribution in [3.8, 4) is 0 Å². The van der Waals surface area contributed by atoms with Gasteiger partial charge in [0.2, 0.25) is 0 Å². The number of nitrogens with zero attached hydrogens (tertiary/aromatic N) is 2. The monoisotopic (exact) mass is 351 g/mol. The molecule has 0 bridgehead atoms. The van der Waals surface area contributed by atoms with Crippen molar-refractivity contribution in [1.29, 1.82) is 0 Å². The van der Waals surface area contributed by atoms with Crippen LogP contribution in [0.25, 0.3) is 0 Å². The number of rotatable bonds is 4. The van der Waals surface area contributed by atoms with Gasteiger partial charge >= 0.3 is 6.03 Å². The second kappa shape index (κ2) is 8.37. The largest absolute Gasteiger partial charge is 0.322 e. The van der Waals surface area contributed by atoms with Gasteiger partial charge in [-0.25, -0.2) is 4.79 Å². The van der Waals surface area contributed by atoms with Gasteiger partial charge in [0.25, 0.3) is 0 Å². The van der Waals surface area contributed by atoms with Crippen molar-refractivity contribution in [2.45, 2.75) is 33.2 Å². The van der Waals surface area contributed by atoms with E-state index in [0.29, 0.717) is 5.92 Å². The Hall–Kier alpha value is -2.33. The first-order chi connectivity index (χ1) is 12.5. The molecular weight excluding hydrogens is 322 g/mol. The standard InChI is InChI=1S/C22H29N3O/c1-17(2)20-8-10-21(11-9-20)23-22(26)25-14-12-24(13-15-25)16-19-6-4-18(3)5-7-19/h4-11,17H,12-16H2,1-3H3,(H,23,26). The lowest BCUT2D eigenvalue weighted by Gasteiger charge is -2.34. The molecule has 1 aliphatic rings. The van der Waals surface area contributed by atoms with E-state index in [9.17, 15) is 4.79 Å². The van der Waals surface area contributed by atoms with E-state index in [1.807, 2.05) is 17.0 Å². The average Bonchev–Trinajstić information content (AvgIpc) is 2.64. The van der Waals surface area contributed by atoms with Gasteiger partial charge in [0.1, 0.15) is 0 Å². The zero-order valence-corrected chi connectivity index (χ0v) is 16.0. The summed E-state index contributed by atoms with van der Waals surface area (Å²) in [5, 5.41) is 3.02. The quantitative estimate of drug-likeness (QED) is 0.882. The Morgan fingerprint density at radius 3 is 2.15 bits per heavy atom. The number of hydrogen-bond donors (Lipinski definition) is 1. The highest BCUT2D eigenvalue weighted by Gasteiger charge is 2.21. The molecule has 2 aromatic rings. The number of urea groups is 1. The number of carbonyl (C=O) groups is 1. The van der Waals surface area contributed by atoms with Gasteiger partial charge in [0, 0.05) is 38.4 Å². The van der Waals surface area contributed by atoms with E-state index >= 15 is 0 Å². The molecule has 2 aromatic carbocycles. The van der Waals surface area contributed by atoms with Crippen molar-refractivity contribution in [3.63, 3.8) is 0 Å².